The molecule has 1 aromatic rings. The number of hydrogen-bond donors (Lipinski definition) is 1. The molecular weight excluding hydrogens is 144 g/mol. The first kappa shape index (κ1) is 7.61. The molecule has 0 aliphatic carbocycles. The van der Waals surface area contributed by atoms with Crippen LogP contribution in [0.15, 0.2) is 11.4 Å². The van der Waals surface area contributed by atoms with Crippen molar-refractivity contribution in [3.05, 3.63) is 17.0 Å². The van der Waals surface area contributed by atoms with Crippen LogP contribution in [0.25, 0.3) is 0 Å². The van der Waals surface area contributed by atoms with E-state index in [2.05, 4.69) is 20.8 Å². The zero-order chi connectivity index (χ0) is 7.78. The molecule has 0 bridgehead atoms. The predicted molar refractivity (Wildman–Crippen MR) is 44.7 cm³/mol. The maximum absolute atomic E-state index is 9.03. The highest BCUT2D eigenvalue weighted by Gasteiger charge is 2.14. The van der Waals surface area contributed by atoms with Gasteiger partial charge in [-0.05, 0) is 22.4 Å². The first-order valence-corrected chi connectivity index (χ1v) is 4.16. The van der Waals surface area contributed by atoms with Crippen molar-refractivity contribution in [2.45, 2.75) is 26.2 Å². The highest BCUT2D eigenvalue weighted by atomic mass is 32.1. The molecule has 1 N–H and O–H groups in total. The minimum Gasteiger partial charge on any atom is -0.499 e. The topological polar surface area (TPSA) is 20.2 Å². The summed E-state index contributed by atoms with van der Waals surface area (Å²) in [6.07, 6.45) is 0. The fraction of sp³-hybridized carbons (Fsp3) is 0.500. The van der Waals surface area contributed by atoms with Gasteiger partial charge < -0.3 is 5.11 Å². The summed E-state index contributed by atoms with van der Waals surface area (Å²) in [4.78, 5) is 0. The fourth-order valence-corrected chi connectivity index (χ4v) is 1.58. The highest BCUT2D eigenvalue weighted by Crippen LogP contribution is 2.30. The molecule has 56 valence electrons. The Bertz CT molecular complexity index is 219. The summed E-state index contributed by atoms with van der Waals surface area (Å²) in [5, 5.41) is 11.4. The molecule has 2 heteroatoms. The lowest BCUT2D eigenvalue weighted by Crippen LogP contribution is -2.08. The lowest BCUT2D eigenvalue weighted by atomic mass is 9.89. The second kappa shape index (κ2) is 2.27. The van der Waals surface area contributed by atoms with Gasteiger partial charge in [-0.2, -0.15) is 0 Å². The predicted octanol–water partition coefficient (Wildman–Crippen LogP) is 2.75. The molecule has 0 aliphatic rings. The molecule has 0 radical (unpaired) electrons. The van der Waals surface area contributed by atoms with Crippen LogP contribution >= 0.6 is 11.3 Å². The lowest BCUT2D eigenvalue weighted by molar-refractivity contribution is 0.488. The van der Waals surface area contributed by atoms with E-state index in [0.29, 0.717) is 5.06 Å². The molecule has 1 heterocycles. The van der Waals surface area contributed by atoms with E-state index in [-0.39, 0.29) is 5.41 Å². The summed E-state index contributed by atoms with van der Waals surface area (Å²) in [6.45, 7) is 6.40. The first-order valence-electron chi connectivity index (χ1n) is 3.28. The number of rotatable bonds is 0. The van der Waals surface area contributed by atoms with Crippen LogP contribution in [0, 0.1) is 0 Å². The molecular formula is C8H12OS. The Hall–Kier alpha value is -0.500. The third-order valence-electron chi connectivity index (χ3n) is 1.45. The normalized spacial score (nSPS) is 11.9. The Kier molecular flexibility index (Phi) is 1.73. The van der Waals surface area contributed by atoms with E-state index in [1.165, 1.54) is 16.9 Å². The molecule has 0 unspecified atom stereocenters. The largest absolute Gasteiger partial charge is 0.499 e. The van der Waals surface area contributed by atoms with Gasteiger partial charge in [0.05, 0.1) is 0 Å². The van der Waals surface area contributed by atoms with Gasteiger partial charge >= 0.3 is 0 Å². The van der Waals surface area contributed by atoms with Crippen molar-refractivity contribution < 1.29 is 5.11 Å². The molecule has 0 spiro atoms. The fourth-order valence-electron chi connectivity index (χ4n) is 0.718. The van der Waals surface area contributed by atoms with Gasteiger partial charge in [0.2, 0.25) is 0 Å². The molecule has 0 amide bonds. The van der Waals surface area contributed by atoms with Gasteiger partial charge in [-0.15, -0.1) is 11.3 Å². The summed E-state index contributed by atoms with van der Waals surface area (Å²) in [5.74, 6) is 0. The Balaban J connectivity index is 2.96. The molecule has 0 aliphatic heterocycles. The van der Waals surface area contributed by atoms with Gasteiger partial charge in [0, 0.05) is 0 Å². The van der Waals surface area contributed by atoms with E-state index in [1.54, 1.807) is 0 Å². The zero-order valence-electron chi connectivity index (χ0n) is 6.51. The lowest BCUT2D eigenvalue weighted by Gasteiger charge is -2.15. The monoisotopic (exact) mass is 156 g/mol. The molecule has 0 saturated carbocycles. The molecule has 1 aromatic heterocycles. The van der Waals surface area contributed by atoms with E-state index in [0.717, 1.165) is 0 Å². The molecule has 0 aromatic carbocycles. The van der Waals surface area contributed by atoms with E-state index in [1.807, 2.05) is 11.4 Å². The third-order valence-corrected chi connectivity index (χ3v) is 2.18. The minimum absolute atomic E-state index is 0.164. The molecule has 1 rings (SSSR count). The summed E-state index contributed by atoms with van der Waals surface area (Å²) in [7, 11) is 0. The molecule has 0 fully saturated rings. The average Bonchev–Trinajstić information content (AvgIpc) is 2.11. The summed E-state index contributed by atoms with van der Waals surface area (Å²) in [6, 6.07) is 1.82. The summed E-state index contributed by atoms with van der Waals surface area (Å²) in [5.41, 5.74) is 1.37. The van der Waals surface area contributed by atoms with Crippen LogP contribution in [0.3, 0.4) is 0 Å². The molecule has 0 atom stereocenters. The van der Waals surface area contributed by atoms with Crippen molar-refractivity contribution in [2.75, 3.05) is 0 Å². The SMILES string of the molecule is CC(C)(C)c1csc(O)c1. The average molecular weight is 156 g/mol. The van der Waals surface area contributed by atoms with Crippen molar-refractivity contribution >= 4 is 11.3 Å². The Labute approximate surface area is 65.3 Å². The van der Waals surface area contributed by atoms with E-state index in [4.69, 9.17) is 5.11 Å². The van der Waals surface area contributed by atoms with Crippen molar-refractivity contribution in [1.29, 1.82) is 0 Å². The van der Waals surface area contributed by atoms with Crippen LogP contribution in [0.5, 0.6) is 5.06 Å². The number of hydrogen-bond acceptors (Lipinski definition) is 2. The molecule has 0 saturated heterocycles. The summed E-state index contributed by atoms with van der Waals surface area (Å²) < 4.78 is 0. The van der Waals surface area contributed by atoms with Crippen molar-refractivity contribution in [2.24, 2.45) is 0 Å². The Morgan fingerprint density at radius 1 is 1.40 bits per heavy atom. The van der Waals surface area contributed by atoms with Gasteiger partial charge in [0.25, 0.3) is 0 Å². The maximum Gasteiger partial charge on any atom is 0.171 e. The van der Waals surface area contributed by atoms with Gasteiger partial charge in [-0.1, -0.05) is 20.8 Å². The van der Waals surface area contributed by atoms with Crippen molar-refractivity contribution in [3.63, 3.8) is 0 Å². The second-order valence-electron chi connectivity index (χ2n) is 3.42. The van der Waals surface area contributed by atoms with Crippen LogP contribution in [0.2, 0.25) is 0 Å². The smallest absolute Gasteiger partial charge is 0.171 e. The Morgan fingerprint density at radius 3 is 2.20 bits per heavy atom. The first-order chi connectivity index (χ1) is 4.50. The van der Waals surface area contributed by atoms with Crippen LogP contribution in [0.1, 0.15) is 26.3 Å². The van der Waals surface area contributed by atoms with Gasteiger partial charge in [0.1, 0.15) is 0 Å². The van der Waals surface area contributed by atoms with Gasteiger partial charge in [0.15, 0.2) is 5.06 Å². The maximum atomic E-state index is 9.03. The standard InChI is InChI=1S/C8H12OS/c1-8(2,3)6-4-7(9)10-5-6/h4-5,9H,1-3H3. The molecule has 10 heavy (non-hydrogen) atoms. The van der Waals surface area contributed by atoms with E-state index < -0.39 is 0 Å². The van der Waals surface area contributed by atoms with Crippen LogP contribution in [-0.2, 0) is 5.41 Å². The number of thiophene rings is 1. The van der Waals surface area contributed by atoms with Gasteiger partial charge in [-0.3, -0.25) is 0 Å². The third kappa shape index (κ3) is 1.51. The number of aromatic hydroxyl groups is 1. The minimum atomic E-state index is 0.164. The van der Waals surface area contributed by atoms with E-state index in [9.17, 15) is 0 Å². The highest BCUT2D eigenvalue weighted by molar-refractivity contribution is 7.11. The van der Waals surface area contributed by atoms with Crippen molar-refractivity contribution in [3.8, 4) is 5.06 Å². The Morgan fingerprint density at radius 2 is 2.00 bits per heavy atom. The van der Waals surface area contributed by atoms with Gasteiger partial charge in [-0.25, -0.2) is 0 Å². The summed E-state index contributed by atoms with van der Waals surface area (Å²) >= 11 is 1.39. The second-order valence-corrected chi connectivity index (χ2v) is 4.31. The van der Waals surface area contributed by atoms with Crippen molar-refractivity contribution in [1.82, 2.24) is 0 Å². The molecule has 1 nitrogen and oxygen atoms in total. The van der Waals surface area contributed by atoms with Crippen LogP contribution in [-0.4, -0.2) is 5.11 Å². The quantitative estimate of drug-likeness (QED) is 0.612. The van der Waals surface area contributed by atoms with E-state index >= 15 is 0 Å². The zero-order valence-corrected chi connectivity index (χ0v) is 7.33. The van der Waals surface area contributed by atoms with Crippen LogP contribution < -0.4 is 0 Å². The van der Waals surface area contributed by atoms with Crippen LogP contribution in [0.4, 0.5) is 0 Å².